The number of hydrogen-bond donors (Lipinski definition) is 1. The molecule has 2 atom stereocenters. The van der Waals surface area contributed by atoms with Gasteiger partial charge in [-0.3, -0.25) is 9.69 Å². The van der Waals surface area contributed by atoms with Crippen LogP contribution >= 0.6 is 11.6 Å². The molecule has 5 rings (SSSR count). The first-order valence-electron chi connectivity index (χ1n) is 12.6. The number of hydrogen-bond acceptors (Lipinski definition) is 3. The van der Waals surface area contributed by atoms with E-state index in [0.29, 0.717) is 35.7 Å². The summed E-state index contributed by atoms with van der Waals surface area (Å²) in [5.74, 6) is -1.62. The lowest BCUT2D eigenvalue weighted by molar-refractivity contribution is -0.185. The summed E-state index contributed by atoms with van der Waals surface area (Å²) in [7, 11) is 0. The van der Waals surface area contributed by atoms with Crippen molar-refractivity contribution in [2.75, 3.05) is 0 Å². The predicted molar refractivity (Wildman–Crippen MR) is 129 cm³/mol. The van der Waals surface area contributed by atoms with E-state index in [1.807, 2.05) is 18.2 Å². The highest BCUT2D eigenvalue weighted by Crippen LogP contribution is 2.41. The van der Waals surface area contributed by atoms with E-state index in [4.69, 9.17) is 16.3 Å². The number of ether oxygens (including phenoxy) is 1. The van der Waals surface area contributed by atoms with Gasteiger partial charge < -0.3 is 9.84 Å². The average Bonchev–Trinajstić information content (AvgIpc) is 2.80. The van der Waals surface area contributed by atoms with Gasteiger partial charge in [-0.1, -0.05) is 36.2 Å². The molecule has 4 nitrogen and oxygen atoms in total. The number of aliphatic carboxylic acids is 1. The van der Waals surface area contributed by atoms with Crippen LogP contribution in [0.25, 0.3) is 10.8 Å². The standard InChI is InChI=1S/C27H31ClF3NO3/c28-25-23-10-4-16(15-32-20-2-1-3-21(32)14-18(13-20)26(33)34)12-17(23)5-11-24(25)35-22-8-6-19(7-9-22)27(29,30)31/h4-5,10-12,18-22H,1-3,6-9,13-15H2,(H,33,34)/t18?,19-,20?,21?,22+. The van der Waals surface area contributed by atoms with Crippen molar-refractivity contribution in [3.05, 3.63) is 40.9 Å². The molecular weight excluding hydrogens is 479 g/mol. The summed E-state index contributed by atoms with van der Waals surface area (Å²) in [6.45, 7) is 0.788. The predicted octanol–water partition coefficient (Wildman–Crippen LogP) is 7.21. The number of fused-ring (bicyclic) bond motifs is 3. The molecule has 35 heavy (non-hydrogen) atoms. The van der Waals surface area contributed by atoms with Gasteiger partial charge in [0.05, 0.1) is 23.0 Å². The molecule has 190 valence electrons. The molecule has 0 amide bonds. The van der Waals surface area contributed by atoms with Crippen LogP contribution in [0.2, 0.25) is 5.02 Å². The lowest BCUT2D eigenvalue weighted by Crippen LogP contribution is -2.52. The van der Waals surface area contributed by atoms with Crippen LogP contribution in [0, 0.1) is 11.8 Å². The number of carbonyl (C=O) groups is 1. The number of rotatable bonds is 5. The third-order valence-electron chi connectivity index (χ3n) is 8.25. The summed E-state index contributed by atoms with van der Waals surface area (Å²) in [4.78, 5) is 14.0. The largest absolute Gasteiger partial charge is 0.489 e. The Kier molecular flexibility index (Phi) is 6.92. The zero-order chi connectivity index (χ0) is 24.7. The molecule has 2 saturated heterocycles. The van der Waals surface area contributed by atoms with E-state index in [1.165, 1.54) is 5.56 Å². The first-order valence-corrected chi connectivity index (χ1v) is 13.0. The molecular formula is C27H31ClF3NO3. The highest BCUT2D eigenvalue weighted by Gasteiger charge is 2.42. The zero-order valence-corrected chi connectivity index (χ0v) is 20.3. The molecule has 2 aromatic rings. The maximum Gasteiger partial charge on any atom is 0.391 e. The van der Waals surface area contributed by atoms with E-state index in [-0.39, 0.29) is 24.9 Å². The fourth-order valence-electron chi connectivity index (χ4n) is 6.35. The van der Waals surface area contributed by atoms with Gasteiger partial charge in [0.25, 0.3) is 0 Å². The molecule has 0 aromatic heterocycles. The van der Waals surface area contributed by atoms with E-state index in [1.54, 1.807) is 0 Å². The zero-order valence-electron chi connectivity index (χ0n) is 19.6. The summed E-state index contributed by atoms with van der Waals surface area (Å²) in [6.07, 6.45) is 1.24. The number of alkyl halides is 3. The fraction of sp³-hybridized carbons (Fsp3) is 0.593. The van der Waals surface area contributed by atoms with E-state index in [9.17, 15) is 23.1 Å². The van der Waals surface area contributed by atoms with Crippen LogP contribution < -0.4 is 4.74 Å². The second-order valence-corrected chi connectivity index (χ2v) is 10.9. The van der Waals surface area contributed by atoms with Gasteiger partial charge >= 0.3 is 12.1 Å². The smallest absolute Gasteiger partial charge is 0.391 e. The van der Waals surface area contributed by atoms with Gasteiger partial charge in [0, 0.05) is 24.0 Å². The van der Waals surface area contributed by atoms with Gasteiger partial charge in [-0.25, -0.2) is 0 Å². The van der Waals surface area contributed by atoms with E-state index < -0.39 is 18.1 Å². The van der Waals surface area contributed by atoms with Crippen molar-refractivity contribution < 1.29 is 27.8 Å². The van der Waals surface area contributed by atoms with Crippen molar-refractivity contribution in [2.24, 2.45) is 11.8 Å². The number of nitrogens with zero attached hydrogens (tertiary/aromatic N) is 1. The van der Waals surface area contributed by atoms with Crippen LogP contribution in [0.3, 0.4) is 0 Å². The summed E-state index contributed by atoms with van der Waals surface area (Å²) < 4.78 is 44.9. The lowest BCUT2D eigenvalue weighted by Gasteiger charge is -2.48. The molecule has 2 aromatic carbocycles. The summed E-state index contributed by atoms with van der Waals surface area (Å²) in [6, 6.07) is 10.6. The Morgan fingerprint density at radius 1 is 1.03 bits per heavy atom. The minimum atomic E-state index is -4.13. The van der Waals surface area contributed by atoms with E-state index >= 15 is 0 Å². The van der Waals surface area contributed by atoms with Gasteiger partial charge in [-0.2, -0.15) is 13.2 Å². The third-order valence-corrected chi connectivity index (χ3v) is 8.64. The van der Waals surface area contributed by atoms with Crippen molar-refractivity contribution >= 4 is 28.3 Å². The summed E-state index contributed by atoms with van der Waals surface area (Å²) in [5.41, 5.74) is 1.17. The Hall–Kier alpha value is -1.99. The number of carboxylic acids is 1. The quantitative estimate of drug-likeness (QED) is 0.462. The minimum Gasteiger partial charge on any atom is -0.489 e. The first kappa shape index (κ1) is 24.7. The van der Waals surface area contributed by atoms with Gasteiger partial charge in [-0.05, 0) is 74.4 Å². The van der Waals surface area contributed by atoms with Crippen molar-refractivity contribution in [1.82, 2.24) is 4.90 Å². The Bertz CT molecular complexity index is 1070. The van der Waals surface area contributed by atoms with Crippen molar-refractivity contribution in [2.45, 2.75) is 88.7 Å². The van der Waals surface area contributed by atoms with E-state index in [0.717, 1.165) is 49.4 Å². The molecule has 0 radical (unpaired) electrons. The number of carboxylic acid groups (broad SMARTS) is 1. The molecule has 2 bridgehead atoms. The highest BCUT2D eigenvalue weighted by molar-refractivity contribution is 6.37. The summed E-state index contributed by atoms with van der Waals surface area (Å²) in [5, 5.41) is 11.8. The molecule has 2 aliphatic heterocycles. The molecule has 1 saturated carbocycles. The van der Waals surface area contributed by atoms with Gasteiger partial charge in [0.1, 0.15) is 5.75 Å². The van der Waals surface area contributed by atoms with Crippen LogP contribution in [0.15, 0.2) is 30.3 Å². The molecule has 1 N–H and O–H groups in total. The van der Waals surface area contributed by atoms with Crippen LogP contribution in [0.1, 0.15) is 63.4 Å². The summed E-state index contributed by atoms with van der Waals surface area (Å²) >= 11 is 6.66. The monoisotopic (exact) mass is 509 g/mol. The Balaban J connectivity index is 1.27. The Morgan fingerprint density at radius 3 is 2.34 bits per heavy atom. The molecule has 3 aliphatic rings. The number of piperidine rings is 2. The minimum absolute atomic E-state index is 0.0917. The van der Waals surface area contributed by atoms with Crippen molar-refractivity contribution in [3.63, 3.8) is 0 Å². The normalized spacial score (nSPS) is 29.8. The Labute approximate surface area is 208 Å². The van der Waals surface area contributed by atoms with Crippen LogP contribution in [-0.4, -0.2) is 40.3 Å². The lowest BCUT2D eigenvalue weighted by atomic mass is 9.78. The maximum atomic E-state index is 12.9. The SMILES string of the molecule is O=C(O)C1CC2CCCC(C1)N2Cc1ccc2c(Cl)c(O[C@H]3CC[C@@H](C(F)(F)F)CC3)ccc2c1. The van der Waals surface area contributed by atoms with Gasteiger partial charge in [-0.15, -0.1) is 0 Å². The molecule has 2 unspecified atom stereocenters. The third kappa shape index (κ3) is 5.26. The second kappa shape index (κ2) is 9.81. The van der Waals surface area contributed by atoms with Crippen LogP contribution in [0.4, 0.5) is 13.2 Å². The maximum absolute atomic E-state index is 12.9. The Morgan fingerprint density at radius 2 is 1.71 bits per heavy atom. The van der Waals surface area contributed by atoms with E-state index in [2.05, 4.69) is 17.0 Å². The van der Waals surface area contributed by atoms with Gasteiger partial charge in [0.15, 0.2) is 0 Å². The second-order valence-electron chi connectivity index (χ2n) is 10.5. The van der Waals surface area contributed by atoms with Crippen molar-refractivity contribution in [1.29, 1.82) is 0 Å². The molecule has 1 aliphatic carbocycles. The molecule has 2 heterocycles. The highest BCUT2D eigenvalue weighted by atomic mass is 35.5. The molecule has 3 fully saturated rings. The van der Waals surface area contributed by atoms with Crippen LogP contribution in [0.5, 0.6) is 5.75 Å². The molecule has 0 spiro atoms. The molecule has 8 heteroatoms. The topological polar surface area (TPSA) is 49.8 Å². The van der Waals surface area contributed by atoms with Gasteiger partial charge in [0.2, 0.25) is 0 Å². The number of halogens is 4. The van der Waals surface area contributed by atoms with Crippen LogP contribution in [-0.2, 0) is 11.3 Å². The fourth-order valence-corrected chi connectivity index (χ4v) is 6.63. The number of benzene rings is 2. The first-order chi connectivity index (χ1) is 16.7. The average molecular weight is 510 g/mol. The van der Waals surface area contributed by atoms with Crippen molar-refractivity contribution in [3.8, 4) is 5.75 Å².